The molecule has 1 amide bonds. The first-order valence-electron chi connectivity index (χ1n) is 8.58. The van der Waals surface area contributed by atoms with Gasteiger partial charge in [0.25, 0.3) is 0 Å². The van der Waals surface area contributed by atoms with Crippen molar-refractivity contribution in [2.75, 3.05) is 5.32 Å². The van der Waals surface area contributed by atoms with Crippen molar-refractivity contribution >= 4 is 35.1 Å². The summed E-state index contributed by atoms with van der Waals surface area (Å²) in [7, 11) is 0. The minimum Gasteiger partial charge on any atom is -0.366 e. The number of halogens is 2. The predicted molar refractivity (Wildman–Crippen MR) is 110 cm³/mol. The maximum Gasteiger partial charge on any atom is 0.248 e. The minimum atomic E-state index is -0.583. The number of allylic oxidation sites excluding steroid dienone is 1. The van der Waals surface area contributed by atoms with Crippen molar-refractivity contribution in [2.45, 2.75) is 13.0 Å². The van der Waals surface area contributed by atoms with Gasteiger partial charge >= 0.3 is 0 Å². The molecule has 0 bridgehead atoms. The van der Waals surface area contributed by atoms with E-state index in [2.05, 4.69) is 21.5 Å². The van der Waals surface area contributed by atoms with Crippen LogP contribution in [0.5, 0.6) is 0 Å². The highest BCUT2D eigenvalue weighted by atomic mass is 35.5. The van der Waals surface area contributed by atoms with Crippen molar-refractivity contribution in [3.05, 3.63) is 74.9 Å². The van der Waals surface area contributed by atoms with Gasteiger partial charge in [-0.2, -0.15) is 10.2 Å². The number of nitrogens with one attached hydrogen (secondary N) is 1. The molecule has 0 spiro atoms. The van der Waals surface area contributed by atoms with Gasteiger partial charge in [-0.3, -0.25) is 4.79 Å². The highest BCUT2D eigenvalue weighted by molar-refractivity contribution is 6.42. The normalized spacial score (nSPS) is 15.4. The van der Waals surface area contributed by atoms with Crippen molar-refractivity contribution < 1.29 is 4.79 Å². The van der Waals surface area contributed by atoms with Gasteiger partial charge in [0.2, 0.25) is 11.9 Å². The molecule has 1 atom stereocenters. The molecule has 1 aliphatic heterocycles. The van der Waals surface area contributed by atoms with Crippen molar-refractivity contribution in [2.24, 2.45) is 5.73 Å². The van der Waals surface area contributed by atoms with Gasteiger partial charge in [-0.1, -0.05) is 35.3 Å². The molecular weight excluding hydrogens is 411 g/mol. The van der Waals surface area contributed by atoms with Gasteiger partial charge in [-0.25, -0.2) is 4.68 Å². The van der Waals surface area contributed by atoms with Gasteiger partial charge in [0.1, 0.15) is 6.04 Å². The molecule has 9 heteroatoms. The van der Waals surface area contributed by atoms with Crippen LogP contribution in [0.3, 0.4) is 0 Å². The zero-order chi connectivity index (χ0) is 20.7. The second-order valence-corrected chi connectivity index (χ2v) is 7.31. The van der Waals surface area contributed by atoms with E-state index in [1.54, 1.807) is 54.1 Å². The van der Waals surface area contributed by atoms with Crippen molar-refractivity contribution in [1.29, 1.82) is 5.26 Å². The molecule has 2 aromatic carbocycles. The Hall–Kier alpha value is -3.34. The number of primary amides is 1. The van der Waals surface area contributed by atoms with Crippen molar-refractivity contribution in [3.8, 4) is 17.5 Å². The number of carbonyl (C=O) groups is 1. The third-order valence-electron chi connectivity index (χ3n) is 4.65. The first kappa shape index (κ1) is 19.0. The number of nitriles is 1. The minimum absolute atomic E-state index is 0.368. The van der Waals surface area contributed by atoms with Gasteiger partial charge in [0, 0.05) is 11.3 Å². The van der Waals surface area contributed by atoms with Gasteiger partial charge in [0.15, 0.2) is 5.82 Å². The zero-order valence-electron chi connectivity index (χ0n) is 15.1. The zero-order valence-corrected chi connectivity index (χ0v) is 16.7. The molecule has 1 aromatic heterocycles. The van der Waals surface area contributed by atoms with Crippen LogP contribution in [0.25, 0.3) is 11.4 Å². The number of hydrogen-bond donors (Lipinski definition) is 2. The van der Waals surface area contributed by atoms with Crippen LogP contribution in [-0.2, 0) is 4.79 Å². The topological polar surface area (TPSA) is 110 Å². The molecule has 0 aliphatic carbocycles. The molecule has 1 unspecified atom stereocenters. The highest BCUT2D eigenvalue weighted by Gasteiger charge is 2.33. The molecule has 3 aromatic rings. The van der Waals surface area contributed by atoms with Crippen LogP contribution in [-0.4, -0.2) is 20.7 Å². The standard InChI is InChI=1S/C20H14Cl2N6O/c1-10-16(18(24)29)17(12-4-2-11(9-23)3-5-12)28-20(25-10)26-19(27-28)13-6-7-14(21)15(22)8-13/h2-8,17H,1H3,(H2,24,29)(H,25,26,27). The Labute approximate surface area is 176 Å². The van der Waals surface area contributed by atoms with Crippen LogP contribution < -0.4 is 11.1 Å². The van der Waals surface area contributed by atoms with Gasteiger partial charge in [-0.15, -0.1) is 5.10 Å². The van der Waals surface area contributed by atoms with E-state index in [4.69, 9.17) is 34.2 Å². The summed E-state index contributed by atoms with van der Waals surface area (Å²) in [5.74, 6) is 0.313. The molecule has 1 aliphatic rings. The molecule has 0 saturated heterocycles. The molecular formula is C20H14Cl2N6O. The highest BCUT2D eigenvalue weighted by Crippen LogP contribution is 2.36. The number of carbonyl (C=O) groups excluding carboxylic acids is 1. The second kappa shape index (κ2) is 7.24. The smallest absolute Gasteiger partial charge is 0.248 e. The fourth-order valence-electron chi connectivity index (χ4n) is 3.28. The van der Waals surface area contributed by atoms with Gasteiger partial charge in [0.05, 0.1) is 27.3 Å². The van der Waals surface area contributed by atoms with E-state index in [1.165, 1.54) is 0 Å². The number of anilines is 1. The number of fused-ring (bicyclic) bond motifs is 1. The van der Waals surface area contributed by atoms with E-state index in [1.807, 2.05) is 0 Å². The Balaban J connectivity index is 1.87. The maximum absolute atomic E-state index is 12.2. The summed E-state index contributed by atoms with van der Waals surface area (Å²) < 4.78 is 1.60. The average molecular weight is 425 g/mol. The molecule has 4 rings (SSSR count). The van der Waals surface area contributed by atoms with E-state index in [0.29, 0.717) is 44.2 Å². The summed E-state index contributed by atoms with van der Waals surface area (Å²) in [6, 6.07) is 13.5. The third kappa shape index (κ3) is 3.33. The molecule has 7 nitrogen and oxygen atoms in total. The number of benzene rings is 2. The summed E-state index contributed by atoms with van der Waals surface area (Å²) in [5, 5.41) is 17.6. The van der Waals surface area contributed by atoms with E-state index >= 15 is 0 Å². The molecule has 3 N–H and O–H groups in total. The predicted octanol–water partition coefficient (Wildman–Crippen LogP) is 3.90. The lowest BCUT2D eigenvalue weighted by atomic mass is 9.95. The number of rotatable bonds is 3. The van der Waals surface area contributed by atoms with Crippen LogP contribution in [0.4, 0.5) is 5.95 Å². The van der Waals surface area contributed by atoms with Crippen LogP contribution in [0.15, 0.2) is 53.7 Å². The lowest BCUT2D eigenvalue weighted by molar-refractivity contribution is -0.115. The van der Waals surface area contributed by atoms with Crippen molar-refractivity contribution in [1.82, 2.24) is 14.8 Å². The summed E-state index contributed by atoms with van der Waals surface area (Å²) in [5.41, 5.74) is 8.58. The first-order chi connectivity index (χ1) is 13.9. The van der Waals surface area contributed by atoms with Crippen LogP contribution >= 0.6 is 23.2 Å². The second-order valence-electron chi connectivity index (χ2n) is 6.50. The molecule has 29 heavy (non-hydrogen) atoms. The Bertz CT molecular complexity index is 1210. The van der Waals surface area contributed by atoms with Gasteiger partial charge in [-0.05, 0) is 42.8 Å². The van der Waals surface area contributed by atoms with Crippen LogP contribution in [0.2, 0.25) is 10.0 Å². The monoisotopic (exact) mass is 424 g/mol. The number of aromatic nitrogens is 3. The van der Waals surface area contributed by atoms with Crippen molar-refractivity contribution in [3.63, 3.8) is 0 Å². The molecule has 0 radical (unpaired) electrons. The van der Waals surface area contributed by atoms with Gasteiger partial charge < -0.3 is 11.1 Å². The third-order valence-corrected chi connectivity index (χ3v) is 5.39. The average Bonchev–Trinajstić information content (AvgIpc) is 3.12. The summed E-state index contributed by atoms with van der Waals surface area (Å²) in [4.78, 5) is 16.8. The summed E-state index contributed by atoms with van der Waals surface area (Å²) in [6.07, 6.45) is 0. The summed E-state index contributed by atoms with van der Waals surface area (Å²) in [6.45, 7) is 1.76. The van der Waals surface area contributed by atoms with E-state index in [0.717, 1.165) is 5.56 Å². The van der Waals surface area contributed by atoms with E-state index in [9.17, 15) is 4.79 Å². The fourth-order valence-corrected chi connectivity index (χ4v) is 3.57. The quantitative estimate of drug-likeness (QED) is 0.662. The lowest BCUT2D eigenvalue weighted by Crippen LogP contribution is -2.31. The van der Waals surface area contributed by atoms with E-state index < -0.39 is 11.9 Å². The van der Waals surface area contributed by atoms with E-state index in [-0.39, 0.29) is 0 Å². The lowest BCUT2D eigenvalue weighted by Gasteiger charge is -2.27. The number of hydrogen-bond acceptors (Lipinski definition) is 5. The van der Waals surface area contributed by atoms with Crippen LogP contribution in [0, 0.1) is 11.3 Å². The fraction of sp³-hybridized carbons (Fsp3) is 0.100. The largest absolute Gasteiger partial charge is 0.366 e. The summed E-state index contributed by atoms with van der Waals surface area (Å²) >= 11 is 12.1. The Morgan fingerprint density at radius 1 is 1.21 bits per heavy atom. The Kier molecular flexibility index (Phi) is 4.74. The number of amides is 1. The molecule has 2 heterocycles. The molecule has 144 valence electrons. The van der Waals surface area contributed by atoms with Crippen LogP contribution in [0.1, 0.15) is 24.1 Å². The Morgan fingerprint density at radius 3 is 2.55 bits per heavy atom. The first-order valence-corrected chi connectivity index (χ1v) is 9.34. The number of nitrogens with two attached hydrogens (primary N) is 1. The number of nitrogens with zero attached hydrogens (tertiary/aromatic N) is 4. The Morgan fingerprint density at radius 2 is 1.93 bits per heavy atom. The SMILES string of the molecule is CC1=C(C(N)=O)C(c2ccc(C#N)cc2)n2nc(-c3ccc(Cl)c(Cl)c3)nc2N1. The maximum atomic E-state index is 12.2. The molecule has 0 fully saturated rings. The molecule has 0 saturated carbocycles.